The summed E-state index contributed by atoms with van der Waals surface area (Å²) in [4.78, 5) is 16.9. The Labute approximate surface area is 158 Å². The zero-order valence-electron chi connectivity index (χ0n) is 16.1. The molecule has 1 aromatic carbocycles. The van der Waals surface area contributed by atoms with E-state index in [1.165, 1.54) is 0 Å². The maximum absolute atomic E-state index is 12.5. The van der Waals surface area contributed by atoms with Gasteiger partial charge in [-0.2, -0.15) is 4.98 Å². The van der Waals surface area contributed by atoms with Crippen molar-refractivity contribution < 1.29 is 13.8 Å². The molecule has 3 aromatic rings. The summed E-state index contributed by atoms with van der Waals surface area (Å²) in [5.74, 6) is 1.49. The summed E-state index contributed by atoms with van der Waals surface area (Å²) in [6, 6.07) is 9.67. The summed E-state index contributed by atoms with van der Waals surface area (Å²) in [7, 11) is 0. The van der Waals surface area contributed by atoms with E-state index in [-0.39, 0.29) is 11.3 Å². The second-order valence-electron chi connectivity index (χ2n) is 7.45. The predicted molar refractivity (Wildman–Crippen MR) is 100 cm³/mol. The van der Waals surface area contributed by atoms with Crippen molar-refractivity contribution in [2.24, 2.45) is 0 Å². The number of aryl methyl sites for hydroxylation is 2. The van der Waals surface area contributed by atoms with E-state index < -0.39 is 0 Å². The molecule has 0 saturated heterocycles. The fraction of sp³-hybridized carbons (Fsp3) is 0.400. The van der Waals surface area contributed by atoms with Crippen molar-refractivity contribution >= 4 is 5.91 Å². The molecule has 0 fully saturated rings. The van der Waals surface area contributed by atoms with E-state index in [4.69, 9.17) is 9.05 Å². The smallest absolute Gasteiger partial charge is 0.256 e. The van der Waals surface area contributed by atoms with Crippen LogP contribution in [0.3, 0.4) is 0 Å². The third-order valence-corrected chi connectivity index (χ3v) is 4.15. The molecule has 0 aliphatic carbocycles. The predicted octanol–water partition coefficient (Wildman–Crippen LogP) is 3.69. The monoisotopic (exact) mass is 368 g/mol. The first kappa shape index (κ1) is 18.8. The van der Waals surface area contributed by atoms with Crippen LogP contribution >= 0.6 is 0 Å². The Kier molecular flexibility index (Phi) is 5.39. The maximum atomic E-state index is 12.5. The van der Waals surface area contributed by atoms with Gasteiger partial charge in [-0.25, -0.2) is 0 Å². The van der Waals surface area contributed by atoms with Gasteiger partial charge in [0.05, 0.1) is 0 Å². The molecule has 0 atom stereocenters. The third kappa shape index (κ3) is 4.42. The molecule has 1 amide bonds. The number of nitrogens with zero attached hydrogens (tertiary/aromatic N) is 3. The van der Waals surface area contributed by atoms with Gasteiger partial charge >= 0.3 is 0 Å². The molecule has 0 bridgehead atoms. The van der Waals surface area contributed by atoms with E-state index in [2.05, 4.69) is 20.6 Å². The van der Waals surface area contributed by atoms with Crippen LogP contribution in [-0.2, 0) is 11.8 Å². The van der Waals surface area contributed by atoms with Crippen molar-refractivity contribution in [1.29, 1.82) is 0 Å². The molecule has 0 saturated carbocycles. The highest BCUT2D eigenvalue weighted by atomic mass is 16.5. The highest BCUT2D eigenvalue weighted by Gasteiger charge is 2.28. The summed E-state index contributed by atoms with van der Waals surface area (Å²) in [6.07, 6.45) is 1.28. The molecule has 0 radical (unpaired) electrons. The Morgan fingerprint density at radius 2 is 1.85 bits per heavy atom. The van der Waals surface area contributed by atoms with E-state index in [9.17, 15) is 4.79 Å². The van der Waals surface area contributed by atoms with Gasteiger partial charge in [-0.1, -0.05) is 61.4 Å². The summed E-state index contributed by atoms with van der Waals surface area (Å²) in [6.45, 7) is 8.25. The lowest BCUT2D eigenvalue weighted by Gasteiger charge is -2.16. The van der Waals surface area contributed by atoms with Gasteiger partial charge < -0.3 is 14.4 Å². The first-order chi connectivity index (χ1) is 12.9. The summed E-state index contributed by atoms with van der Waals surface area (Å²) in [5.41, 5.74) is 1.84. The van der Waals surface area contributed by atoms with Crippen LogP contribution in [0.15, 0.2) is 39.4 Å². The quantitative estimate of drug-likeness (QED) is 0.667. The molecule has 7 heteroatoms. The molecule has 0 aliphatic rings. The average molecular weight is 368 g/mol. The molecule has 142 valence electrons. The number of hydrogen-bond donors (Lipinski definition) is 1. The number of amides is 1. The van der Waals surface area contributed by atoms with Crippen molar-refractivity contribution in [3.8, 4) is 11.4 Å². The molecule has 0 spiro atoms. The first-order valence-corrected chi connectivity index (χ1v) is 8.99. The third-order valence-electron chi connectivity index (χ3n) is 4.15. The van der Waals surface area contributed by atoms with E-state index in [1.54, 1.807) is 6.92 Å². The molecule has 1 N–H and O–H groups in total. The van der Waals surface area contributed by atoms with Crippen molar-refractivity contribution in [2.75, 3.05) is 6.54 Å². The molecule has 27 heavy (non-hydrogen) atoms. The number of carbonyl (C=O) groups excluding carboxylic acids is 1. The average Bonchev–Trinajstić information content (AvgIpc) is 3.26. The van der Waals surface area contributed by atoms with Crippen LogP contribution in [0.4, 0.5) is 0 Å². The fourth-order valence-corrected chi connectivity index (χ4v) is 2.74. The van der Waals surface area contributed by atoms with E-state index in [0.717, 1.165) is 5.56 Å². The largest absolute Gasteiger partial charge is 0.361 e. The summed E-state index contributed by atoms with van der Waals surface area (Å²) >= 11 is 0. The first-order valence-electron chi connectivity index (χ1n) is 8.99. The van der Waals surface area contributed by atoms with Crippen LogP contribution in [-0.4, -0.2) is 27.7 Å². The molecule has 3 rings (SSSR count). The highest BCUT2D eigenvalue weighted by molar-refractivity contribution is 5.96. The van der Waals surface area contributed by atoms with Gasteiger partial charge in [0, 0.05) is 23.9 Å². The van der Waals surface area contributed by atoms with Gasteiger partial charge in [0.25, 0.3) is 5.91 Å². The Balaban J connectivity index is 1.53. The molecule has 0 aliphatic heterocycles. The zero-order valence-corrected chi connectivity index (χ0v) is 16.1. The highest BCUT2D eigenvalue weighted by Crippen LogP contribution is 2.26. The minimum atomic E-state index is -0.262. The van der Waals surface area contributed by atoms with Gasteiger partial charge in [0.1, 0.15) is 17.0 Å². The summed E-state index contributed by atoms with van der Waals surface area (Å²) in [5, 5.41) is 11.0. The van der Waals surface area contributed by atoms with Gasteiger partial charge in [0.15, 0.2) is 0 Å². The van der Waals surface area contributed by atoms with Crippen molar-refractivity contribution in [3.63, 3.8) is 0 Å². The molecular formula is C20H24N4O3. The van der Waals surface area contributed by atoms with Gasteiger partial charge in [-0.3, -0.25) is 4.79 Å². The number of benzene rings is 1. The molecule has 2 heterocycles. The zero-order chi connectivity index (χ0) is 19.4. The normalized spacial score (nSPS) is 11.6. The topological polar surface area (TPSA) is 94.1 Å². The van der Waals surface area contributed by atoms with E-state index in [1.807, 2.05) is 51.1 Å². The lowest BCUT2D eigenvalue weighted by Crippen LogP contribution is -2.28. The van der Waals surface area contributed by atoms with E-state index in [0.29, 0.717) is 48.1 Å². The Morgan fingerprint density at radius 1 is 1.11 bits per heavy atom. The molecular weight excluding hydrogens is 344 g/mol. The molecule has 2 aromatic heterocycles. The van der Waals surface area contributed by atoms with Crippen LogP contribution in [0.25, 0.3) is 11.4 Å². The minimum absolute atomic E-state index is 0.172. The fourth-order valence-electron chi connectivity index (χ4n) is 2.74. The van der Waals surface area contributed by atoms with Gasteiger partial charge in [-0.05, 0) is 13.3 Å². The lowest BCUT2D eigenvalue weighted by atomic mass is 9.88. The maximum Gasteiger partial charge on any atom is 0.256 e. The van der Waals surface area contributed by atoms with E-state index >= 15 is 0 Å². The number of rotatable bonds is 6. The number of hydrogen-bond acceptors (Lipinski definition) is 6. The van der Waals surface area contributed by atoms with Crippen LogP contribution in [0.2, 0.25) is 0 Å². The van der Waals surface area contributed by atoms with Crippen LogP contribution in [0.5, 0.6) is 0 Å². The lowest BCUT2D eigenvalue weighted by molar-refractivity contribution is 0.0949. The van der Waals surface area contributed by atoms with Crippen molar-refractivity contribution in [2.45, 2.75) is 46.0 Å². The van der Waals surface area contributed by atoms with Gasteiger partial charge in [0.2, 0.25) is 11.7 Å². The van der Waals surface area contributed by atoms with Crippen molar-refractivity contribution in [1.82, 2.24) is 20.6 Å². The minimum Gasteiger partial charge on any atom is -0.361 e. The van der Waals surface area contributed by atoms with Gasteiger partial charge in [-0.15, -0.1) is 0 Å². The Morgan fingerprint density at radius 3 is 2.56 bits per heavy atom. The molecule has 7 nitrogen and oxygen atoms in total. The SMILES string of the molecule is Cc1onc(C(C)(C)C)c1C(=O)NCCCc1nc(-c2ccccc2)no1. The number of carbonyl (C=O) groups is 1. The Bertz CT molecular complexity index is 907. The second-order valence-corrected chi connectivity index (χ2v) is 7.45. The number of nitrogens with one attached hydrogen (secondary N) is 1. The van der Waals surface area contributed by atoms with Crippen LogP contribution in [0.1, 0.15) is 54.9 Å². The Hall–Kier alpha value is -2.96. The van der Waals surface area contributed by atoms with Crippen molar-refractivity contribution in [3.05, 3.63) is 53.2 Å². The standard InChI is InChI=1S/C20H24N4O3/c1-13-16(17(23-26-13)20(2,3)4)19(25)21-12-8-11-15-22-18(24-27-15)14-9-6-5-7-10-14/h5-7,9-10H,8,11-12H2,1-4H3,(H,21,25). The van der Waals surface area contributed by atoms with Crippen LogP contribution < -0.4 is 5.32 Å². The van der Waals surface area contributed by atoms with Crippen LogP contribution in [0, 0.1) is 6.92 Å². The molecule has 0 unspecified atom stereocenters. The number of aromatic nitrogens is 3. The summed E-state index contributed by atoms with van der Waals surface area (Å²) < 4.78 is 10.5. The second kappa shape index (κ2) is 7.73.